The average molecular weight is 436 g/mol. The minimum Gasteiger partial charge on any atom is -0.375 e. The van der Waals surface area contributed by atoms with Gasteiger partial charge >= 0.3 is 0 Å². The van der Waals surface area contributed by atoms with Gasteiger partial charge in [0.15, 0.2) is 5.78 Å². The zero-order chi connectivity index (χ0) is 21.0. The van der Waals surface area contributed by atoms with E-state index < -0.39 is 10.0 Å². The monoisotopic (exact) mass is 435 g/mol. The SMILES string of the molecule is CC(=O)c1cccc(S(=O)(=O)N2CCN(C(=O)CNc3ccccc3Cl)CC2)c1. The van der Waals surface area contributed by atoms with E-state index in [4.69, 9.17) is 11.6 Å². The van der Waals surface area contributed by atoms with Crippen LogP contribution in [0.4, 0.5) is 5.69 Å². The minimum atomic E-state index is -3.72. The summed E-state index contributed by atoms with van der Waals surface area (Å²) >= 11 is 6.07. The molecule has 1 fully saturated rings. The van der Waals surface area contributed by atoms with Crippen LogP contribution in [0, 0.1) is 0 Å². The third-order valence-electron chi connectivity index (χ3n) is 4.77. The second kappa shape index (κ2) is 8.94. The lowest BCUT2D eigenvalue weighted by Gasteiger charge is -2.34. The van der Waals surface area contributed by atoms with Gasteiger partial charge in [0.05, 0.1) is 22.2 Å². The smallest absolute Gasteiger partial charge is 0.243 e. The zero-order valence-corrected chi connectivity index (χ0v) is 17.5. The molecule has 29 heavy (non-hydrogen) atoms. The van der Waals surface area contributed by atoms with Crippen LogP contribution in [0.3, 0.4) is 0 Å². The molecule has 1 aliphatic rings. The molecule has 2 aromatic carbocycles. The lowest BCUT2D eigenvalue weighted by Crippen LogP contribution is -2.51. The molecule has 9 heteroatoms. The number of hydrogen-bond acceptors (Lipinski definition) is 5. The van der Waals surface area contributed by atoms with Crippen molar-refractivity contribution in [2.24, 2.45) is 0 Å². The van der Waals surface area contributed by atoms with E-state index >= 15 is 0 Å². The van der Waals surface area contributed by atoms with Crippen LogP contribution in [0.1, 0.15) is 17.3 Å². The maximum absolute atomic E-state index is 12.9. The highest BCUT2D eigenvalue weighted by Gasteiger charge is 2.30. The van der Waals surface area contributed by atoms with E-state index in [0.29, 0.717) is 29.4 Å². The molecule has 3 rings (SSSR count). The first-order chi connectivity index (χ1) is 13.8. The number of hydrogen-bond donors (Lipinski definition) is 1. The first-order valence-electron chi connectivity index (χ1n) is 9.16. The highest BCUT2D eigenvalue weighted by molar-refractivity contribution is 7.89. The van der Waals surface area contributed by atoms with Crippen molar-refractivity contribution in [2.45, 2.75) is 11.8 Å². The van der Waals surface area contributed by atoms with Crippen molar-refractivity contribution in [2.75, 3.05) is 38.0 Å². The lowest BCUT2D eigenvalue weighted by atomic mass is 10.2. The summed E-state index contributed by atoms with van der Waals surface area (Å²) in [6, 6.07) is 13.2. The molecule has 0 atom stereocenters. The quantitative estimate of drug-likeness (QED) is 0.704. The predicted octanol–water partition coefficient (Wildman–Crippen LogP) is 2.49. The van der Waals surface area contributed by atoms with E-state index in [1.54, 1.807) is 35.2 Å². The van der Waals surface area contributed by atoms with Gasteiger partial charge in [0, 0.05) is 31.7 Å². The molecule has 1 aliphatic heterocycles. The van der Waals surface area contributed by atoms with Crippen molar-refractivity contribution < 1.29 is 18.0 Å². The molecule has 0 spiro atoms. The van der Waals surface area contributed by atoms with Crippen molar-refractivity contribution in [3.63, 3.8) is 0 Å². The Bertz CT molecular complexity index is 1020. The number of halogens is 1. The number of amides is 1. The number of sulfonamides is 1. The van der Waals surface area contributed by atoms with Crippen LogP contribution in [0.25, 0.3) is 0 Å². The zero-order valence-electron chi connectivity index (χ0n) is 16.0. The maximum Gasteiger partial charge on any atom is 0.243 e. The van der Waals surface area contributed by atoms with Gasteiger partial charge in [-0.1, -0.05) is 35.9 Å². The maximum atomic E-state index is 12.9. The Morgan fingerprint density at radius 3 is 2.38 bits per heavy atom. The van der Waals surface area contributed by atoms with E-state index in [1.807, 2.05) is 6.07 Å². The summed E-state index contributed by atoms with van der Waals surface area (Å²) in [4.78, 5) is 25.7. The molecule has 0 bridgehead atoms. The molecule has 7 nitrogen and oxygen atoms in total. The topological polar surface area (TPSA) is 86.8 Å². The summed E-state index contributed by atoms with van der Waals surface area (Å²) in [5.74, 6) is -0.316. The van der Waals surface area contributed by atoms with Gasteiger partial charge < -0.3 is 10.2 Å². The Kier molecular flexibility index (Phi) is 6.56. The van der Waals surface area contributed by atoms with E-state index in [9.17, 15) is 18.0 Å². The van der Waals surface area contributed by atoms with Crippen LogP contribution < -0.4 is 5.32 Å². The normalized spacial score (nSPS) is 15.2. The number of anilines is 1. The average Bonchev–Trinajstić information content (AvgIpc) is 2.73. The fraction of sp³-hybridized carbons (Fsp3) is 0.300. The summed E-state index contributed by atoms with van der Waals surface area (Å²) in [6.45, 7) is 2.47. The molecular formula is C20H22ClN3O4S. The van der Waals surface area contributed by atoms with E-state index in [0.717, 1.165) is 0 Å². The molecule has 0 radical (unpaired) electrons. The van der Waals surface area contributed by atoms with Gasteiger partial charge in [-0.3, -0.25) is 9.59 Å². The second-order valence-electron chi connectivity index (χ2n) is 6.70. The predicted molar refractivity (Wildman–Crippen MR) is 112 cm³/mol. The van der Waals surface area contributed by atoms with Crippen LogP contribution in [-0.2, 0) is 14.8 Å². The first kappa shape index (κ1) is 21.3. The number of nitrogens with one attached hydrogen (secondary N) is 1. The molecule has 0 aromatic heterocycles. The van der Waals surface area contributed by atoms with E-state index in [2.05, 4.69) is 5.32 Å². The molecule has 1 N–H and O–H groups in total. The number of carbonyl (C=O) groups excluding carboxylic acids is 2. The molecular weight excluding hydrogens is 414 g/mol. The largest absolute Gasteiger partial charge is 0.375 e. The molecule has 0 aliphatic carbocycles. The van der Waals surface area contributed by atoms with Gasteiger partial charge in [-0.15, -0.1) is 0 Å². The Hall–Kier alpha value is -2.42. The Morgan fingerprint density at radius 2 is 1.72 bits per heavy atom. The van der Waals surface area contributed by atoms with Crippen molar-refractivity contribution in [1.82, 2.24) is 9.21 Å². The molecule has 0 unspecified atom stereocenters. The summed E-state index contributed by atoms with van der Waals surface area (Å²) in [6.07, 6.45) is 0. The van der Waals surface area contributed by atoms with Gasteiger partial charge in [0.2, 0.25) is 15.9 Å². The molecule has 2 aromatic rings. The summed E-state index contributed by atoms with van der Waals surface area (Å²) in [7, 11) is -3.72. The lowest BCUT2D eigenvalue weighted by molar-refractivity contribution is -0.130. The number of rotatable bonds is 6. The number of para-hydroxylation sites is 1. The van der Waals surface area contributed by atoms with Crippen LogP contribution in [0.2, 0.25) is 5.02 Å². The Balaban J connectivity index is 1.59. The van der Waals surface area contributed by atoms with Gasteiger partial charge in [-0.2, -0.15) is 4.31 Å². The van der Waals surface area contributed by atoms with Crippen molar-refractivity contribution in [3.05, 3.63) is 59.1 Å². The Morgan fingerprint density at radius 1 is 1.03 bits per heavy atom. The summed E-state index contributed by atoms with van der Waals surface area (Å²) < 4.78 is 27.1. The molecule has 1 heterocycles. The molecule has 154 valence electrons. The number of carbonyl (C=O) groups is 2. The minimum absolute atomic E-state index is 0.0805. The van der Waals surface area contributed by atoms with Gasteiger partial charge in [0.1, 0.15) is 0 Å². The third kappa shape index (κ3) is 4.95. The van der Waals surface area contributed by atoms with Crippen LogP contribution in [0.15, 0.2) is 53.4 Å². The standard InChI is InChI=1S/C20H22ClN3O4S/c1-15(25)16-5-4-6-17(13-16)29(27,28)24-11-9-23(10-12-24)20(26)14-22-19-8-3-2-7-18(19)21/h2-8,13,22H,9-12,14H2,1H3. The van der Waals surface area contributed by atoms with Crippen LogP contribution in [-0.4, -0.2) is 62.0 Å². The molecule has 1 amide bonds. The van der Waals surface area contributed by atoms with Crippen molar-refractivity contribution in [1.29, 1.82) is 0 Å². The number of ketones is 1. The second-order valence-corrected chi connectivity index (χ2v) is 9.05. The summed E-state index contributed by atoms with van der Waals surface area (Å²) in [5, 5.41) is 3.54. The van der Waals surface area contributed by atoms with E-state index in [1.165, 1.54) is 23.4 Å². The Labute approximate surface area is 175 Å². The summed E-state index contributed by atoms with van der Waals surface area (Å²) in [5.41, 5.74) is 1.03. The highest BCUT2D eigenvalue weighted by Crippen LogP contribution is 2.21. The third-order valence-corrected chi connectivity index (χ3v) is 7.00. The highest BCUT2D eigenvalue weighted by atomic mass is 35.5. The van der Waals surface area contributed by atoms with E-state index in [-0.39, 0.29) is 36.2 Å². The first-order valence-corrected chi connectivity index (χ1v) is 11.0. The number of benzene rings is 2. The van der Waals surface area contributed by atoms with Gasteiger partial charge in [-0.25, -0.2) is 8.42 Å². The van der Waals surface area contributed by atoms with Gasteiger partial charge in [-0.05, 0) is 31.2 Å². The van der Waals surface area contributed by atoms with Crippen molar-refractivity contribution >= 4 is 39.0 Å². The molecule has 0 saturated carbocycles. The van der Waals surface area contributed by atoms with Crippen molar-refractivity contribution in [3.8, 4) is 0 Å². The van der Waals surface area contributed by atoms with Crippen LogP contribution in [0.5, 0.6) is 0 Å². The molecule has 1 saturated heterocycles. The fourth-order valence-corrected chi connectivity index (χ4v) is 4.76. The fourth-order valence-electron chi connectivity index (χ4n) is 3.09. The van der Waals surface area contributed by atoms with Crippen LogP contribution >= 0.6 is 11.6 Å². The number of Topliss-reactive ketones (excluding diaryl/α,β-unsaturated/α-hetero) is 1. The number of piperazine rings is 1. The number of nitrogens with zero attached hydrogens (tertiary/aromatic N) is 2. The van der Waals surface area contributed by atoms with Gasteiger partial charge in [0.25, 0.3) is 0 Å².